The standard InChI is InChI=1S/C18H18ClN3O2S/c19-15-12-14-16(13-4-2-1-3-5-13)20-18(23)22(17(14)25-15)7-6-21-8-10-24-11-9-21/h1-5,12H,6-11H2. The van der Waals surface area contributed by atoms with Crippen LogP contribution in [0.2, 0.25) is 4.34 Å². The molecule has 3 aromatic rings. The highest BCUT2D eigenvalue weighted by molar-refractivity contribution is 7.22. The van der Waals surface area contributed by atoms with E-state index in [1.54, 1.807) is 4.57 Å². The summed E-state index contributed by atoms with van der Waals surface area (Å²) in [7, 11) is 0. The summed E-state index contributed by atoms with van der Waals surface area (Å²) in [4.78, 5) is 20.2. The van der Waals surface area contributed by atoms with E-state index in [0.717, 1.165) is 48.6 Å². The number of halogens is 1. The molecule has 1 aliphatic rings. The van der Waals surface area contributed by atoms with Crippen molar-refractivity contribution in [1.29, 1.82) is 0 Å². The number of aromatic nitrogens is 2. The van der Waals surface area contributed by atoms with Crippen molar-refractivity contribution in [1.82, 2.24) is 14.5 Å². The average molecular weight is 376 g/mol. The highest BCUT2D eigenvalue weighted by Gasteiger charge is 2.16. The number of ether oxygens (including phenoxy) is 1. The Morgan fingerprint density at radius 1 is 1.16 bits per heavy atom. The predicted octanol–water partition coefficient (Wildman–Crippen LogP) is 3.11. The maximum atomic E-state index is 12.7. The summed E-state index contributed by atoms with van der Waals surface area (Å²) in [5.74, 6) is 0. The van der Waals surface area contributed by atoms with Gasteiger partial charge in [0, 0.05) is 37.1 Å². The van der Waals surface area contributed by atoms with Gasteiger partial charge in [-0.25, -0.2) is 4.79 Å². The first kappa shape index (κ1) is 16.7. The highest BCUT2D eigenvalue weighted by Crippen LogP contribution is 2.34. The van der Waals surface area contributed by atoms with Crippen molar-refractivity contribution in [2.24, 2.45) is 0 Å². The van der Waals surface area contributed by atoms with Gasteiger partial charge in [0.2, 0.25) is 0 Å². The van der Waals surface area contributed by atoms with E-state index in [4.69, 9.17) is 16.3 Å². The van der Waals surface area contributed by atoms with Crippen LogP contribution in [0.5, 0.6) is 0 Å². The van der Waals surface area contributed by atoms with E-state index in [0.29, 0.717) is 16.6 Å². The predicted molar refractivity (Wildman–Crippen MR) is 102 cm³/mol. The summed E-state index contributed by atoms with van der Waals surface area (Å²) in [6, 6.07) is 11.7. The Labute approximate surface area is 154 Å². The SMILES string of the molecule is O=c1nc(-c2ccccc2)c2cc(Cl)sc2n1CCN1CCOCC1. The molecule has 1 fully saturated rings. The number of morpholine rings is 1. The van der Waals surface area contributed by atoms with Gasteiger partial charge in [-0.2, -0.15) is 4.98 Å². The van der Waals surface area contributed by atoms with Crippen LogP contribution in [0.4, 0.5) is 0 Å². The zero-order valence-corrected chi connectivity index (χ0v) is 15.2. The molecular weight excluding hydrogens is 358 g/mol. The van der Waals surface area contributed by atoms with E-state index >= 15 is 0 Å². The Morgan fingerprint density at radius 3 is 2.68 bits per heavy atom. The van der Waals surface area contributed by atoms with E-state index in [2.05, 4.69) is 9.88 Å². The normalized spacial score (nSPS) is 15.7. The van der Waals surface area contributed by atoms with Crippen LogP contribution in [-0.2, 0) is 11.3 Å². The van der Waals surface area contributed by atoms with Gasteiger partial charge in [0.05, 0.1) is 23.2 Å². The molecule has 1 aliphatic heterocycles. The van der Waals surface area contributed by atoms with Crippen molar-refractivity contribution in [2.45, 2.75) is 6.54 Å². The summed E-state index contributed by atoms with van der Waals surface area (Å²) in [5.41, 5.74) is 1.41. The Hall–Kier alpha value is -1.73. The molecule has 3 heterocycles. The number of fused-ring (bicyclic) bond motifs is 1. The van der Waals surface area contributed by atoms with E-state index in [9.17, 15) is 4.79 Å². The minimum atomic E-state index is -0.224. The second-order valence-corrected chi connectivity index (χ2v) is 7.65. The molecule has 0 unspecified atom stereocenters. The summed E-state index contributed by atoms with van der Waals surface area (Å²) >= 11 is 7.70. The molecular formula is C18H18ClN3O2S. The minimum absolute atomic E-state index is 0.224. The topological polar surface area (TPSA) is 47.4 Å². The van der Waals surface area contributed by atoms with Crippen molar-refractivity contribution in [2.75, 3.05) is 32.8 Å². The molecule has 0 N–H and O–H groups in total. The summed E-state index contributed by atoms with van der Waals surface area (Å²) in [6.45, 7) is 4.71. The van der Waals surface area contributed by atoms with Crippen molar-refractivity contribution in [3.05, 3.63) is 51.2 Å². The molecule has 0 aliphatic carbocycles. The van der Waals surface area contributed by atoms with Gasteiger partial charge in [-0.05, 0) is 6.07 Å². The lowest BCUT2D eigenvalue weighted by molar-refractivity contribution is 0.0364. The van der Waals surface area contributed by atoms with E-state index in [-0.39, 0.29) is 5.69 Å². The summed E-state index contributed by atoms with van der Waals surface area (Å²) in [6.07, 6.45) is 0. The van der Waals surface area contributed by atoms with Crippen LogP contribution >= 0.6 is 22.9 Å². The van der Waals surface area contributed by atoms with Crippen molar-refractivity contribution >= 4 is 33.2 Å². The first-order valence-corrected chi connectivity index (χ1v) is 9.47. The van der Waals surface area contributed by atoms with Crippen LogP contribution in [0.1, 0.15) is 0 Å². The van der Waals surface area contributed by atoms with E-state index in [1.165, 1.54) is 11.3 Å². The van der Waals surface area contributed by atoms with Crippen molar-refractivity contribution < 1.29 is 4.74 Å². The van der Waals surface area contributed by atoms with Crippen LogP contribution in [0.15, 0.2) is 41.2 Å². The van der Waals surface area contributed by atoms with Crippen LogP contribution in [0, 0.1) is 0 Å². The highest BCUT2D eigenvalue weighted by atomic mass is 35.5. The van der Waals surface area contributed by atoms with Gasteiger partial charge in [0.1, 0.15) is 4.83 Å². The number of nitrogens with zero attached hydrogens (tertiary/aromatic N) is 3. The quantitative estimate of drug-likeness (QED) is 0.703. The summed E-state index contributed by atoms with van der Waals surface area (Å²) < 4.78 is 7.79. The number of rotatable bonds is 4. The summed E-state index contributed by atoms with van der Waals surface area (Å²) in [5, 5.41) is 0.933. The lowest BCUT2D eigenvalue weighted by atomic mass is 10.1. The smallest absolute Gasteiger partial charge is 0.349 e. The molecule has 1 saturated heterocycles. The number of hydrogen-bond donors (Lipinski definition) is 0. The second-order valence-electron chi connectivity index (χ2n) is 5.98. The van der Waals surface area contributed by atoms with Crippen molar-refractivity contribution in [3.63, 3.8) is 0 Å². The molecule has 5 nitrogen and oxygen atoms in total. The molecule has 2 aromatic heterocycles. The molecule has 130 valence electrons. The fourth-order valence-corrected chi connectivity index (χ4v) is 4.34. The lowest BCUT2D eigenvalue weighted by Gasteiger charge is -2.26. The third-order valence-corrected chi connectivity index (χ3v) is 5.70. The zero-order valence-electron chi connectivity index (χ0n) is 13.7. The second kappa shape index (κ2) is 7.25. The van der Waals surface area contributed by atoms with Gasteiger partial charge in [0.15, 0.2) is 0 Å². The van der Waals surface area contributed by atoms with Gasteiger partial charge in [-0.1, -0.05) is 41.9 Å². The van der Waals surface area contributed by atoms with Crippen LogP contribution in [0.3, 0.4) is 0 Å². The molecule has 0 atom stereocenters. The monoisotopic (exact) mass is 375 g/mol. The van der Waals surface area contributed by atoms with Gasteiger partial charge in [0.25, 0.3) is 0 Å². The van der Waals surface area contributed by atoms with Gasteiger partial charge >= 0.3 is 5.69 Å². The molecule has 0 radical (unpaired) electrons. The van der Waals surface area contributed by atoms with E-state index < -0.39 is 0 Å². The Balaban J connectivity index is 1.73. The molecule has 1 aromatic carbocycles. The molecule has 25 heavy (non-hydrogen) atoms. The first-order chi connectivity index (χ1) is 12.2. The Kier molecular flexibility index (Phi) is 4.85. The lowest BCUT2D eigenvalue weighted by Crippen LogP contribution is -2.39. The van der Waals surface area contributed by atoms with Gasteiger partial charge in [-0.15, -0.1) is 11.3 Å². The van der Waals surface area contributed by atoms with Gasteiger partial charge in [-0.3, -0.25) is 9.47 Å². The third-order valence-electron chi connectivity index (χ3n) is 4.41. The molecule has 0 saturated carbocycles. The molecule has 4 rings (SSSR count). The number of benzene rings is 1. The molecule has 0 amide bonds. The minimum Gasteiger partial charge on any atom is -0.379 e. The largest absolute Gasteiger partial charge is 0.379 e. The Morgan fingerprint density at radius 2 is 1.92 bits per heavy atom. The fraction of sp³-hybridized carbons (Fsp3) is 0.333. The fourth-order valence-electron chi connectivity index (χ4n) is 3.10. The number of thiophene rings is 1. The number of hydrogen-bond acceptors (Lipinski definition) is 5. The van der Waals surface area contributed by atoms with Crippen LogP contribution in [-0.4, -0.2) is 47.3 Å². The van der Waals surface area contributed by atoms with Gasteiger partial charge < -0.3 is 4.74 Å². The maximum absolute atomic E-state index is 12.7. The average Bonchev–Trinajstić information content (AvgIpc) is 3.03. The zero-order chi connectivity index (χ0) is 17.2. The molecule has 7 heteroatoms. The van der Waals surface area contributed by atoms with Crippen molar-refractivity contribution in [3.8, 4) is 11.3 Å². The van der Waals surface area contributed by atoms with Crippen LogP contribution < -0.4 is 5.69 Å². The Bertz CT molecular complexity index is 933. The third kappa shape index (κ3) is 3.48. The molecule has 0 bridgehead atoms. The molecule has 0 spiro atoms. The van der Waals surface area contributed by atoms with E-state index in [1.807, 2.05) is 36.4 Å². The van der Waals surface area contributed by atoms with Crippen LogP contribution in [0.25, 0.3) is 21.5 Å². The maximum Gasteiger partial charge on any atom is 0.349 e. The first-order valence-electron chi connectivity index (χ1n) is 8.28.